The number of hydrogen-bond donors (Lipinski definition) is 2. The highest BCUT2D eigenvalue weighted by molar-refractivity contribution is 8.01. The molecule has 0 spiro atoms. The Hall–Kier alpha value is -1.44. The predicted molar refractivity (Wildman–Crippen MR) is 96.1 cm³/mol. The van der Waals surface area contributed by atoms with Crippen LogP contribution in [-0.2, 0) is 9.59 Å². The van der Waals surface area contributed by atoms with E-state index in [1.54, 1.807) is 26.8 Å². The van der Waals surface area contributed by atoms with E-state index in [-0.39, 0.29) is 15.6 Å². The van der Waals surface area contributed by atoms with Gasteiger partial charge in [0.2, 0.25) is 0 Å². The van der Waals surface area contributed by atoms with Gasteiger partial charge in [0.1, 0.15) is 17.0 Å². The number of nitrogens with one attached hydrogen (secondary N) is 1. The number of benzene rings is 1. The third-order valence-electron chi connectivity index (χ3n) is 4.57. The van der Waals surface area contributed by atoms with Crippen LogP contribution in [0, 0.1) is 0 Å². The Morgan fingerprint density at radius 2 is 1.80 bits per heavy atom. The minimum absolute atomic E-state index is 0.0929. The summed E-state index contributed by atoms with van der Waals surface area (Å²) >= 11 is 13.5. The maximum Gasteiger partial charge on any atom is 0.327 e. The second-order valence-corrected chi connectivity index (χ2v) is 9.33. The van der Waals surface area contributed by atoms with Crippen molar-refractivity contribution in [1.29, 1.82) is 0 Å². The van der Waals surface area contributed by atoms with Crippen molar-refractivity contribution in [2.24, 2.45) is 0 Å². The lowest BCUT2D eigenvalue weighted by Gasteiger charge is -2.51. The average Bonchev–Trinajstić information content (AvgIpc) is 2.76. The first kappa shape index (κ1) is 18.4. The summed E-state index contributed by atoms with van der Waals surface area (Å²) in [7, 11) is 0. The second kappa shape index (κ2) is 5.79. The van der Waals surface area contributed by atoms with Crippen molar-refractivity contribution in [3.63, 3.8) is 0 Å². The number of carboxylic acid groups (broad SMARTS) is 1. The van der Waals surface area contributed by atoms with Gasteiger partial charge in [-0.3, -0.25) is 9.59 Å². The van der Waals surface area contributed by atoms with Crippen molar-refractivity contribution >= 4 is 52.7 Å². The largest absolute Gasteiger partial charge is 0.480 e. The van der Waals surface area contributed by atoms with Crippen LogP contribution in [0.1, 0.15) is 31.1 Å². The van der Waals surface area contributed by atoms with Crippen LogP contribution < -0.4 is 5.32 Å². The predicted octanol–water partition coefficient (Wildman–Crippen LogP) is 2.63. The molecule has 2 aliphatic heterocycles. The van der Waals surface area contributed by atoms with Gasteiger partial charge in [0.15, 0.2) is 0 Å². The molecule has 0 saturated carbocycles. The van der Waals surface area contributed by atoms with Crippen LogP contribution in [0.15, 0.2) is 18.2 Å². The van der Waals surface area contributed by atoms with E-state index in [1.165, 1.54) is 28.8 Å². The molecule has 6 nitrogen and oxygen atoms in total. The van der Waals surface area contributed by atoms with Gasteiger partial charge < -0.3 is 15.3 Å². The molecule has 0 aliphatic carbocycles. The first-order valence-electron chi connectivity index (χ1n) is 7.50. The molecule has 2 saturated heterocycles. The molecule has 0 aromatic heterocycles. The number of amides is 2. The molecule has 2 N–H and O–H groups in total. The number of aliphatic carboxylic acids is 1. The van der Waals surface area contributed by atoms with E-state index in [0.29, 0.717) is 0 Å². The molecule has 2 heterocycles. The molecule has 0 bridgehead atoms. The fourth-order valence-corrected chi connectivity index (χ4v) is 5.57. The number of thioether (sulfide) groups is 1. The van der Waals surface area contributed by atoms with Crippen LogP contribution in [0.2, 0.25) is 10.0 Å². The molecule has 25 heavy (non-hydrogen) atoms. The molecule has 2 amide bonds. The van der Waals surface area contributed by atoms with Gasteiger partial charge in [-0.2, -0.15) is 0 Å². The van der Waals surface area contributed by atoms with Crippen LogP contribution in [0.25, 0.3) is 0 Å². The van der Waals surface area contributed by atoms with Crippen molar-refractivity contribution in [3.05, 3.63) is 33.8 Å². The SMILES string of the molecule is CC1(C)S[C@H]2N(C(=O)[C@]2(C)NC(=O)c2c(Cl)cccc2Cl)[C@H]1C(=O)O. The van der Waals surface area contributed by atoms with Gasteiger partial charge in [-0.05, 0) is 32.9 Å². The van der Waals surface area contributed by atoms with E-state index < -0.39 is 39.5 Å². The fraction of sp³-hybridized carbons (Fsp3) is 0.438. The number of hydrogen-bond acceptors (Lipinski definition) is 4. The van der Waals surface area contributed by atoms with Crippen molar-refractivity contribution in [1.82, 2.24) is 10.2 Å². The first-order valence-corrected chi connectivity index (χ1v) is 9.14. The number of carbonyl (C=O) groups is 3. The number of β-lactam (4-membered cyclic amide) rings is 1. The highest BCUT2D eigenvalue weighted by Gasteiger charge is 2.70. The van der Waals surface area contributed by atoms with Crippen LogP contribution in [0.4, 0.5) is 0 Å². The Morgan fingerprint density at radius 3 is 2.32 bits per heavy atom. The maximum atomic E-state index is 12.7. The quantitative estimate of drug-likeness (QED) is 0.758. The Balaban J connectivity index is 1.89. The standard InChI is InChI=1S/C16H16Cl2N2O4S/c1-15(2)10(12(22)23)20-13(24)16(3,14(20)25-15)19-11(21)9-7(17)5-4-6-8(9)18/h4-6,10,14H,1-3H3,(H,19,21)(H,22,23)/t10-,14+,16-/m0/s1. The van der Waals surface area contributed by atoms with E-state index >= 15 is 0 Å². The van der Waals surface area contributed by atoms with Gasteiger partial charge in [0, 0.05) is 4.75 Å². The lowest BCUT2D eigenvalue weighted by Crippen LogP contribution is -2.78. The second-order valence-electron chi connectivity index (χ2n) is 6.78. The highest BCUT2D eigenvalue weighted by atomic mass is 35.5. The zero-order valence-corrected chi connectivity index (χ0v) is 16.0. The number of carboxylic acids is 1. The van der Waals surface area contributed by atoms with E-state index in [2.05, 4.69) is 5.32 Å². The smallest absolute Gasteiger partial charge is 0.327 e. The molecule has 9 heteroatoms. The van der Waals surface area contributed by atoms with Gasteiger partial charge in [0.05, 0.1) is 15.6 Å². The zero-order valence-electron chi connectivity index (χ0n) is 13.7. The number of halogens is 2. The Morgan fingerprint density at radius 1 is 1.24 bits per heavy atom. The lowest BCUT2D eigenvalue weighted by molar-refractivity contribution is -0.165. The average molecular weight is 403 g/mol. The minimum Gasteiger partial charge on any atom is -0.480 e. The first-order chi connectivity index (χ1) is 11.5. The van der Waals surface area contributed by atoms with Crippen molar-refractivity contribution in [2.75, 3.05) is 0 Å². The summed E-state index contributed by atoms with van der Waals surface area (Å²) in [6, 6.07) is 3.75. The van der Waals surface area contributed by atoms with Crippen LogP contribution >= 0.6 is 35.0 Å². The topological polar surface area (TPSA) is 86.7 Å². The number of fused-ring (bicyclic) bond motifs is 1. The third kappa shape index (κ3) is 2.60. The molecular weight excluding hydrogens is 387 g/mol. The fourth-order valence-electron chi connectivity index (χ4n) is 3.35. The number of rotatable bonds is 3. The molecule has 134 valence electrons. The molecule has 0 radical (unpaired) electrons. The molecule has 1 aromatic rings. The van der Waals surface area contributed by atoms with E-state index in [1.807, 2.05) is 0 Å². The summed E-state index contributed by atoms with van der Waals surface area (Å²) in [6.45, 7) is 5.14. The number of carbonyl (C=O) groups excluding carboxylic acids is 2. The third-order valence-corrected chi connectivity index (χ3v) is 6.96. The summed E-state index contributed by atoms with van der Waals surface area (Å²) in [5.74, 6) is -2.06. The molecule has 0 unspecified atom stereocenters. The van der Waals surface area contributed by atoms with Gasteiger partial charge >= 0.3 is 5.97 Å². The summed E-state index contributed by atoms with van der Waals surface area (Å²) in [6.07, 6.45) is 0. The Bertz CT molecular complexity index is 780. The highest BCUT2D eigenvalue weighted by Crippen LogP contribution is 2.54. The molecule has 2 aliphatic rings. The maximum absolute atomic E-state index is 12.7. The Kier molecular flexibility index (Phi) is 4.25. The Labute approximate surface area is 158 Å². The van der Waals surface area contributed by atoms with E-state index in [0.717, 1.165) is 0 Å². The molecule has 1 aromatic carbocycles. The van der Waals surface area contributed by atoms with Crippen molar-refractivity contribution < 1.29 is 19.5 Å². The lowest BCUT2D eigenvalue weighted by atomic mass is 9.86. The number of nitrogens with zero attached hydrogens (tertiary/aromatic N) is 1. The van der Waals surface area contributed by atoms with E-state index in [9.17, 15) is 19.5 Å². The summed E-state index contributed by atoms with van der Waals surface area (Å²) in [5.41, 5.74) is -1.12. The summed E-state index contributed by atoms with van der Waals surface area (Å²) in [5, 5.41) is 12.0. The minimum atomic E-state index is -1.22. The van der Waals surface area contributed by atoms with Gasteiger partial charge in [-0.1, -0.05) is 29.3 Å². The van der Waals surface area contributed by atoms with Crippen LogP contribution in [-0.4, -0.2) is 49.5 Å². The monoisotopic (exact) mass is 402 g/mol. The molecule has 3 atom stereocenters. The summed E-state index contributed by atoms with van der Waals surface area (Å²) in [4.78, 5) is 38.2. The van der Waals surface area contributed by atoms with Crippen LogP contribution in [0.5, 0.6) is 0 Å². The van der Waals surface area contributed by atoms with Crippen molar-refractivity contribution in [2.45, 2.75) is 42.5 Å². The van der Waals surface area contributed by atoms with Gasteiger partial charge in [-0.15, -0.1) is 11.8 Å². The van der Waals surface area contributed by atoms with Gasteiger partial charge in [-0.25, -0.2) is 4.79 Å². The van der Waals surface area contributed by atoms with Crippen molar-refractivity contribution in [3.8, 4) is 0 Å². The molecule has 2 fully saturated rings. The molecule has 3 rings (SSSR count). The molecular formula is C16H16Cl2N2O4S. The summed E-state index contributed by atoms with van der Waals surface area (Å²) < 4.78 is -0.670. The van der Waals surface area contributed by atoms with Gasteiger partial charge in [0.25, 0.3) is 11.8 Å². The normalized spacial score (nSPS) is 29.8. The zero-order chi connectivity index (χ0) is 18.7. The van der Waals surface area contributed by atoms with E-state index in [4.69, 9.17) is 23.2 Å². The van der Waals surface area contributed by atoms with Crippen LogP contribution in [0.3, 0.4) is 0 Å².